The summed E-state index contributed by atoms with van der Waals surface area (Å²) in [5.74, 6) is 0.928. The van der Waals surface area contributed by atoms with E-state index in [4.69, 9.17) is 5.73 Å². The first-order valence-electron chi connectivity index (χ1n) is 7.83. The molecule has 0 heterocycles. The summed E-state index contributed by atoms with van der Waals surface area (Å²) in [4.78, 5) is 2.67. The maximum Gasteiger partial charge on any atom is 0.0586 e. The minimum atomic E-state index is 0.103. The van der Waals surface area contributed by atoms with Crippen molar-refractivity contribution in [1.82, 2.24) is 4.90 Å². The van der Waals surface area contributed by atoms with Crippen LogP contribution in [0.1, 0.15) is 43.7 Å². The molecule has 3 rings (SSSR count). The van der Waals surface area contributed by atoms with E-state index in [2.05, 4.69) is 36.1 Å². The van der Waals surface area contributed by atoms with Crippen LogP contribution in [0.3, 0.4) is 0 Å². The van der Waals surface area contributed by atoms with Crippen LogP contribution < -0.4 is 5.73 Å². The van der Waals surface area contributed by atoms with E-state index in [1.54, 1.807) is 0 Å². The minimum Gasteiger partial charge on any atom is -0.328 e. The number of nitrogens with two attached hydrogens (primary N) is 1. The highest BCUT2D eigenvalue weighted by Gasteiger charge is 2.41. The molecule has 0 radical (unpaired) electrons. The van der Waals surface area contributed by atoms with Gasteiger partial charge in [-0.05, 0) is 55.7 Å². The van der Waals surface area contributed by atoms with Gasteiger partial charge in [0.15, 0.2) is 0 Å². The maximum atomic E-state index is 6.28. The van der Waals surface area contributed by atoms with Crippen LogP contribution in [0.15, 0.2) is 24.3 Å². The van der Waals surface area contributed by atoms with Crippen molar-refractivity contribution in [2.75, 3.05) is 19.6 Å². The Balaban J connectivity index is 1.97. The fourth-order valence-corrected chi connectivity index (χ4v) is 3.79. The molecule has 0 spiro atoms. The van der Waals surface area contributed by atoms with Crippen molar-refractivity contribution in [3.63, 3.8) is 0 Å². The topological polar surface area (TPSA) is 29.3 Å². The summed E-state index contributed by atoms with van der Waals surface area (Å²) in [7, 11) is 0. The van der Waals surface area contributed by atoms with Crippen LogP contribution in [0, 0.1) is 5.92 Å². The van der Waals surface area contributed by atoms with E-state index in [-0.39, 0.29) is 5.54 Å². The Morgan fingerprint density at radius 3 is 2.79 bits per heavy atom. The molecule has 1 saturated carbocycles. The Hall–Kier alpha value is -0.860. The highest BCUT2D eigenvalue weighted by molar-refractivity contribution is 5.37. The molecule has 1 unspecified atom stereocenters. The summed E-state index contributed by atoms with van der Waals surface area (Å²) in [6, 6.07) is 8.96. The number of fused-ring (bicyclic) bond motifs is 1. The minimum absolute atomic E-state index is 0.103. The first-order chi connectivity index (χ1) is 9.30. The zero-order chi connectivity index (χ0) is 13.3. The number of rotatable bonds is 5. The van der Waals surface area contributed by atoms with Gasteiger partial charge in [0.25, 0.3) is 0 Å². The lowest BCUT2D eigenvalue weighted by Gasteiger charge is -2.47. The van der Waals surface area contributed by atoms with Gasteiger partial charge < -0.3 is 5.73 Å². The van der Waals surface area contributed by atoms with Gasteiger partial charge in [-0.1, -0.05) is 31.2 Å². The van der Waals surface area contributed by atoms with Gasteiger partial charge in [-0.3, -0.25) is 4.90 Å². The van der Waals surface area contributed by atoms with Crippen molar-refractivity contribution in [3.8, 4) is 0 Å². The Bertz CT molecular complexity index is 439. The van der Waals surface area contributed by atoms with Gasteiger partial charge >= 0.3 is 0 Å². The number of aryl methyl sites for hydroxylation is 1. The molecule has 2 nitrogen and oxygen atoms in total. The van der Waals surface area contributed by atoms with Crippen LogP contribution in [-0.2, 0) is 12.0 Å². The van der Waals surface area contributed by atoms with Crippen molar-refractivity contribution in [2.24, 2.45) is 11.7 Å². The van der Waals surface area contributed by atoms with Gasteiger partial charge in [-0.15, -0.1) is 0 Å². The monoisotopic (exact) mass is 258 g/mol. The highest BCUT2D eigenvalue weighted by Crippen LogP contribution is 2.42. The lowest BCUT2D eigenvalue weighted by Crippen LogP contribution is -2.53. The lowest BCUT2D eigenvalue weighted by molar-refractivity contribution is 0.0744. The van der Waals surface area contributed by atoms with Gasteiger partial charge in [-0.25, -0.2) is 0 Å². The van der Waals surface area contributed by atoms with Crippen molar-refractivity contribution in [3.05, 3.63) is 35.4 Å². The summed E-state index contributed by atoms with van der Waals surface area (Å²) in [6.07, 6.45) is 6.55. The van der Waals surface area contributed by atoms with Gasteiger partial charge in [-0.2, -0.15) is 0 Å². The molecule has 1 aromatic rings. The molecule has 2 heteroatoms. The second kappa shape index (κ2) is 5.26. The van der Waals surface area contributed by atoms with E-state index in [0.29, 0.717) is 0 Å². The third kappa shape index (κ3) is 2.32. The van der Waals surface area contributed by atoms with E-state index in [1.165, 1.54) is 49.8 Å². The molecule has 0 saturated heterocycles. The molecule has 0 aromatic heterocycles. The molecular weight excluding hydrogens is 232 g/mol. The predicted molar refractivity (Wildman–Crippen MR) is 80.1 cm³/mol. The number of benzene rings is 1. The van der Waals surface area contributed by atoms with Crippen molar-refractivity contribution in [2.45, 2.75) is 44.6 Å². The Morgan fingerprint density at radius 1 is 1.32 bits per heavy atom. The fraction of sp³-hybridized carbons (Fsp3) is 0.647. The quantitative estimate of drug-likeness (QED) is 0.880. The first-order valence-corrected chi connectivity index (χ1v) is 7.83. The van der Waals surface area contributed by atoms with Crippen LogP contribution in [-0.4, -0.2) is 24.5 Å². The average Bonchev–Trinajstić information content (AvgIpc) is 3.28. The molecule has 0 aliphatic heterocycles. The van der Waals surface area contributed by atoms with Crippen molar-refractivity contribution >= 4 is 0 Å². The third-order valence-electron chi connectivity index (χ3n) is 5.06. The fourth-order valence-electron chi connectivity index (χ4n) is 3.79. The number of nitrogens with zero attached hydrogens (tertiary/aromatic N) is 1. The Kier molecular flexibility index (Phi) is 3.64. The molecular formula is C17H26N2. The van der Waals surface area contributed by atoms with Gasteiger partial charge in [0.1, 0.15) is 0 Å². The molecule has 2 aliphatic carbocycles. The molecule has 2 N–H and O–H groups in total. The number of likely N-dealkylation sites (N-methyl/N-ethyl adjacent to an activating group) is 1. The summed E-state index contributed by atoms with van der Waals surface area (Å²) in [6.45, 7) is 5.39. The molecule has 2 aliphatic rings. The number of hydrogen-bond acceptors (Lipinski definition) is 2. The SMILES string of the molecule is CCN(CC1CC1)C1(CN)CCCc2ccccc21. The molecule has 1 aromatic carbocycles. The van der Waals surface area contributed by atoms with E-state index in [0.717, 1.165) is 19.0 Å². The summed E-state index contributed by atoms with van der Waals surface area (Å²) in [5.41, 5.74) is 9.41. The first kappa shape index (κ1) is 13.1. The average molecular weight is 258 g/mol. The predicted octanol–water partition coefficient (Wildman–Crippen LogP) is 2.91. The zero-order valence-electron chi connectivity index (χ0n) is 12.1. The molecule has 0 bridgehead atoms. The van der Waals surface area contributed by atoms with Gasteiger partial charge in [0, 0.05) is 13.1 Å². The van der Waals surface area contributed by atoms with E-state index >= 15 is 0 Å². The second-order valence-corrected chi connectivity index (χ2v) is 6.23. The van der Waals surface area contributed by atoms with Crippen molar-refractivity contribution < 1.29 is 0 Å². The summed E-state index contributed by atoms with van der Waals surface area (Å²) < 4.78 is 0. The lowest BCUT2D eigenvalue weighted by atomic mass is 9.75. The molecule has 0 amide bonds. The molecule has 104 valence electrons. The van der Waals surface area contributed by atoms with Crippen molar-refractivity contribution in [1.29, 1.82) is 0 Å². The van der Waals surface area contributed by atoms with Crippen LogP contribution in [0.25, 0.3) is 0 Å². The van der Waals surface area contributed by atoms with Crippen LogP contribution in [0.4, 0.5) is 0 Å². The van der Waals surface area contributed by atoms with Gasteiger partial charge in [0.2, 0.25) is 0 Å². The molecule has 1 atom stereocenters. The maximum absolute atomic E-state index is 6.28. The molecule has 1 fully saturated rings. The Morgan fingerprint density at radius 2 is 2.11 bits per heavy atom. The van der Waals surface area contributed by atoms with E-state index in [1.807, 2.05) is 0 Å². The third-order valence-corrected chi connectivity index (χ3v) is 5.06. The van der Waals surface area contributed by atoms with Crippen LogP contribution in [0.5, 0.6) is 0 Å². The van der Waals surface area contributed by atoms with Crippen LogP contribution in [0.2, 0.25) is 0 Å². The smallest absolute Gasteiger partial charge is 0.0586 e. The standard InChI is InChI=1S/C17H26N2/c1-2-19(12-14-9-10-14)17(13-18)11-5-7-15-6-3-4-8-16(15)17/h3-4,6,8,14H,2,5,7,9-13,18H2,1H3. The molecule has 19 heavy (non-hydrogen) atoms. The second-order valence-electron chi connectivity index (χ2n) is 6.23. The van der Waals surface area contributed by atoms with E-state index < -0.39 is 0 Å². The summed E-state index contributed by atoms with van der Waals surface area (Å²) in [5, 5.41) is 0. The normalized spacial score (nSPS) is 26.5. The Labute approximate surface area is 117 Å². The number of hydrogen-bond donors (Lipinski definition) is 1. The summed E-state index contributed by atoms with van der Waals surface area (Å²) >= 11 is 0. The zero-order valence-corrected chi connectivity index (χ0v) is 12.1. The van der Waals surface area contributed by atoms with Crippen LogP contribution >= 0.6 is 0 Å². The largest absolute Gasteiger partial charge is 0.328 e. The van der Waals surface area contributed by atoms with Gasteiger partial charge in [0.05, 0.1) is 5.54 Å². The highest BCUT2D eigenvalue weighted by atomic mass is 15.2. The van der Waals surface area contributed by atoms with E-state index in [9.17, 15) is 0 Å².